The first-order chi connectivity index (χ1) is 12.1. The highest BCUT2D eigenvalue weighted by Crippen LogP contribution is 2.27. The van der Waals surface area contributed by atoms with Gasteiger partial charge in [-0.25, -0.2) is 19.3 Å². The largest absolute Gasteiger partial charge is 0.462 e. The van der Waals surface area contributed by atoms with Crippen molar-refractivity contribution in [1.82, 2.24) is 19.6 Å². The highest BCUT2D eigenvalue weighted by atomic mass is 16.6. The van der Waals surface area contributed by atoms with E-state index in [4.69, 9.17) is 4.74 Å². The predicted molar refractivity (Wildman–Crippen MR) is 87.2 cm³/mol. The smallest absolute Gasteiger partial charge is 0.345 e. The Bertz CT molecular complexity index is 939. The summed E-state index contributed by atoms with van der Waals surface area (Å²) in [4.78, 5) is 30.8. The molecule has 0 saturated heterocycles. The number of aromatic nitrogens is 4. The molecule has 0 aliphatic rings. The summed E-state index contributed by atoms with van der Waals surface area (Å²) in [5, 5.41) is 18.4. The number of pyridine rings is 1. The van der Waals surface area contributed by atoms with Gasteiger partial charge in [0.1, 0.15) is 5.56 Å². The van der Waals surface area contributed by atoms with Gasteiger partial charge in [0.05, 0.1) is 30.0 Å². The Labute approximate surface area is 141 Å². The normalized spacial score (nSPS) is 10.6. The molecule has 3 aromatic rings. The van der Waals surface area contributed by atoms with Crippen molar-refractivity contribution in [2.45, 2.75) is 13.5 Å². The third kappa shape index (κ3) is 3.22. The van der Waals surface area contributed by atoms with E-state index in [1.54, 1.807) is 36.0 Å². The molecule has 3 rings (SSSR count). The molecule has 3 heterocycles. The van der Waals surface area contributed by atoms with E-state index in [0.717, 1.165) is 5.69 Å². The number of esters is 1. The van der Waals surface area contributed by atoms with Crippen LogP contribution in [0.4, 0.5) is 11.5 Å². The summed E-state index contributed by atoms with van der Waals surface area (Å²) in [5.41, 5.74) is 0.810. The van der Waals surface area contributed by atoms with E-state index in [1.165, 1.54) is 12.3 Å². The minimum absolute atomic E-state index is 0.0207. The van der Waals surface area contributed by atoms with Crippen LogP contribution < -0.4 is 5.32 Å². The number of hydrogen-bond donors (Lipinski definition) is 1. The Morgan fingerprint density at radius 1 is 1.28 bits per heavy atom. The first-order valence-electron chi connectivity index (χ1n) is 7.43. The van der Waals surface area contributed by atoms with Crippen LogP contribution in [0.3, 0.4) is 0 Å². The van der Waals surface area contributed by atoms with E-state index >= 15 is 0 Å². The summed E-state index contributed by atoms with van der Waals surface area (Å²) in [6.45, 7) is 1.96. The standard InChI is InChI=1S/C15H14N6O4/c1-2-25-15(22)11-4-7-17-14(13(11)21(23)24)18-9-10-3-6-16-12-5-8-19-20(10)12/h3-8H,2,9H2,1H3,(H,17,18). The van der Waals surface area contributed by atoms with E-state index < -0.39 is 16.6 Å². The second kappa shape index (κ2) is 6.91. The molecule has 1 N–H and O–H groups in total. The van der Waals surface area contributed by atoms with Crippen LogP contribution in [-0.4, -0.2) is 37.1 Å². The number of hydrogen-bond acceptors (Lipinski definition) is 8. The number of carbonyl (C=O) groups excluding carboxylic acids is 1. The lowest BCUT2D eigenvalue weighted by Crippen LogP contribution is -2.13. The average molecular weight is 342 g/mol. The predicted octanol–water partition coefficient (Wildman–Crippen LogP) is 1.82. The SMILES string of the molecule is CCOC(=O)c1ccnc(NCc2ccnc3ccnn23)c1[N+](=O)[O-]. The van der Waals surface area contributed by atoms with Crippen LogP contribution in [0.15, 0.2) is 36.8 Å². The average Bonchev–Trinajstić information content (AvgIpc) is 3.08. The van der Waals surface area contributed by atoms with Crippen molar-refractivity contribution in [3.05, 3.63) is 58.2 Å². The molecular formula is C15H14N6O4. The summed E-state index contributed by atoms with van der Waals surface area (Å²) < 4.78 is 6.47. The molecule has 0 aliphatic heterocycles. The molecule has 0 aliphatic carbocycles. The van der Waals surface area contributed by atoms with Crippen LogP contribution >= 0.6 is 0 Å². The fourth-order valence-corrected chi connectivity index (χ4v) is 2.34. The van der Waals surface area contributed by atoms with Crippen LogP contribution in [-0.2, 0) is 11.3 Å². The number of nitrogens with one attached hydrogen (secondary N) is 1. The summed E-state index contributed by atoms with van der Waals surface area (Å²) >= 11 is 0. The van der Waals surface area contributed by atoms with Crippen LogP contribution in [0.25, 0.3) is 5.65 Å². The molecule has 0 aromatic carbocycles. The highest BCUT2D eigenvalue weighted by molar-refractivity contribution is 5.96. The maximum absolute atomic E-state index is 11.9. The van der Waals surface area contributed by atoms with Gasteiger partial charge in [0, 0.05) is 18.5 Å². The van der Waals surface area contributed by atoms with Crippen LogP contribution in [0.5, 0.6) is 0 Å². The number of ether oxygens (including phenoxy) is 1. The molecule has 10 heteroatoms. The molecule has 10 nitrogen and oxygen atoms in total. The molecule has 0 saturated carbocycles. The molecule has 25 heavy (non-hydrogen) atoms. The van der Waals surface area contributed by atoms with Crippen molar-refractivity contribution >= 4 is 23.1 Å². The zero-order valence-corrected chi connectivity index (χ0v) is 13.2. The number of anilines is 1. The third-order valence-electron chi connectivity index (χ3n) is 3.41. The Morgan fingerprint density at radius 3 is 2.84 bits per heavy atom. The van der Waals surface area contributed by atoms with Crippen molar-refractivity contribution in [1.29, 1.82) is 0 Å². The molecule has 0 radical (unpaired) electrons. The molecule has 0 unspecified atom stereocenters. The minimum Gasteiger partial charge on any atom is -0.462 e. The number of nitrogens with zero attached hydrogens (tertiary/aromatic N) is 5. The van der Waals surface area contributed by atoms with Gasteiger partial charge in [0.25, 0.3) is 0 Å². The highest BCUT2D eigenvalue weighted by Gasteiger charge is 2.26. The maximum atomic E-state index is 11.9. The van der Waals surface area contributed by atoms with Crippen molar-refractivity contribution < 1.29 is 14.5 Å². The summed E-state index contributed by atoms with van der Waals surface area (Å²) in [5.74, 6) is -0.786. The van der Waals surface area contributed by atoms with Gasteiger partial charge < -0.3 is 10.1 Å². The van der Waals surface area contributed by atoms with Gasteiger partial charge in [-0.2, -0.15) is 5.10 Å². The van der Waals surface area contributed by atoms with Gasteiger partial charge in [-0.05, 0) is 19.1 Å². The molecule has 0 amide bonds. The molecular weight excluding hydrogens is 328 g/mol. The van der Waals surface area contributed by atoms with E-state index in [2.05, 4.69) is 20.4 Å². The lowest BCUT2D eigenvalue weighted by molar-refractivity contribution is -0.384. The first-order valence-corrected chi connectivity index (χ1v) is 7.43. The molecule has 0 spiro atoms. The summed E-state index contributed by atoms with van der Waals surface area (Å²) in [7, 11) is 0. The quantitative estimate of drug-likeness (QED) is 0.408. The van der Waals surface area contributed by atoms with Crippen LogP contribution in [0.2, 0.25) is 0 Å². The second-order valence-electron chi connectivity index (χ2n) is 4.92. The van der Waals surface area contributed by atoms with Crippen molar-refractivity contribution in [3.63, 3.8) is 0 Å². The van der Waals surface area contributed by atoms with Crippen LogP contribution in [0.1, 0.15) is 23.0 Å². The zero-order chi connectivity index (χ0) is 17.8. The molecule has 0 bridgehead atoms. The first kappa shape index (κ1) is 16.3. The second-order valence-corrected chi connectivity index (χ2v) is 4.92. The Kier molecular flexibility index (Phi) is 4.50. The summed E-state index contributed by atoms with van der Waals surface area (Å²) in [6, 6.07) is 4.74. The molecule has 0 fully saturated rings. The molecule has 128 valence electrons. The monoisotopic (exact) mass is 342 g/mol. The topological polar surface area (TPSA) is 125 Å². The van der Waals surface area contributed by atoms with Gasteiger partial charge in [-0.1, -0.05) is 0 Å². The number of carbonyl (C=O) groups is 1. The van der Waals surface area contributed by atoms with Gasteiger partial charge in [-0.15, -0.1) is 0 Å². The Balaban J connectivity index is 1.92. The lowest BCUT2D eigenvalue weighted by atomic mass is 10.2. The lowest BCUT2D eigenvalue weighted by Gasteiger charge is -2.09. The zero-order valence-electron chi connectivity index (χ0n) is 13.2. The van der Waals surface area contributed by atoms with Crippen molar-refractivity contribution in [2.24, 2.45) is 0 Å². The Hall–Kier alpha value is -3.56. The fourth-order valence-electron chi connectivity index (χ4n) is 2.34. The van der Waals surface area contributed by atoms with Crippen LogP contribution in [0, 0.1) is 10.1 Å². The van der Waals surface area contributed by atoms with Crippen molar-refractivity contribution in [3.8, 4) is 0 Å². The van der Waals surface area contributed by atoms with Gasteiger partial charge in [0.15, 0.2) is 5.65 Å². The van der Waals surface area contributed by atoms with Crippen molar-refractivity contribution in [2.75, 3.05) is 11.9 Å². The number of nitro groups is 1. The van der Waals surface area contributed by atoms with E-state index in [1.807, 2.05) is 0 Å². The fraction of sp³-hybridized carbons (Fsp3) is 0.200. The maximum Gasteiger partial charge on any atom is 0.345 e. The third-order valence-corrected chi connectivity index (χ3v) is 3.41. The van der Waals surface area contributed by atoms with Gasteiger partial charge in [0.2, 0.25) is 5.82 Å². The van der Waals surface area contributed by atoms with E-state index in [-0.39, 0.29) is 24.5 Å². The van der Waals surface area contributed by atoms with E-state index in [9.17, 15) is 14.9 Å². The minimum atomic E-state index is -0.766. The molecule has 3 aromatic heterocycles. The molecule has 0 atom stereocenters. The Morgan fingerprint density at radius 2 is 2.08 bits per heavy atom. The van der Waals surface area contributed by atoms with E-state index in [0.29, 0.717) is 5.65 Å². The summed E-state index contributed by atoms with van der Waals surface area (Å²) in [6.07, 6.45) is 4.54. The van der Waals surface area contributed by atoms with Gasteiger partial charge >= 0.3 is 11.7 Å². The number of rotatable bonds is 6. The number of fused-ring (bicyclic) bond motifs is 1. The van der Waals surface area contributed by atoms with Gasteiger partial charge in [-0.3, -0.25) is 10.1 Å².